The average molecular weight is 321 g/mol. The number of guanidine groups is 1. The molecule has 23 heavy (non-hydrogen) atoms. The van der Waals surface area contributed by atoms with Crippen LogP contribution in [0, 0.1) is 11.8 Å². The van der Waals surface area contributed by atoms with Crippen molar-refractivity contribution in [3.8, 4) is 0 Å². The molecule has 0 aromatic rings. The van der Waals surface area contributed by atoms with E-state index >= 15 is 0 Å². The Balaban J connectivity index is 1.21. The maximum atomic E-state index is 6.06. The number of aliphatic imine (C=N–C) groups is 1. The van der Waals surface area contributed by atoms with Gasteiger partial charge in [-0.2, -0.15) is 0 Å². The third-order valence-corrected chi connectivity index (χ3v) is 6.25. The predicted octanol–water partition coefficient (Wildman–Crippen LogP) is 2.02. The van der Waals surface area contributed by atoms with Crippen LogP contribution in [-0.4, -0.2) is 62.5 Å². The van der Waals surface area contributed by atoms with Gasteiger partial charge in [-0.1, -0.05) is 19.3 Å². The summed E-state index contributed by atoms with van der Waals surface area (Å²) in [6, 6.07) is 0. The van der Waals surface area contributed by atoms with Crippen molar-refractivity contribution >= 4 is 5.96 Å². The number of nitrogens with one attached hydrogen (secondary N) is 1. The number of hydrogen-bond donors (Lipinski definition) is 1. The topological polar surface area (TPSA) is 46.1 Å². The monoisotopic (exact) mass is 321 g/mol. The number of rotatable bonds is 4. The van der Waals surface area contributed by atoms with Crippen LogP contribution in [0.2, 0.25) is 0 Å². The van der Waals surface area contributed by atoms with Gasteiger partial charge in [0.1, 0.15) is 0 Å². The largest absolute Gasteiger partial charge is 0.376 e. The lowest BCUT2D eigenvalue weighted by Gasteiger charge is -2.25. The van der Waals surface area contributed by atoms with Gasteiger partial charge in [-0.3, -0.25) is 4.99 Å². The van der Waals surface area contributed by atoms with Crippen molar-refractivity contribution in [2.45, 2.75) is 63.3 Å². The van der Waals surface area contributed by atoms with Crippen LogP contribution in [0.3, 0.4) is 0 Å². The number of likely N-dealkylation sites (tertiary alicyclic amines) is 1. The second kappa shape index (κ2) is 6.98. The highest BCUT2D eigenvalue weighted by atomic mass is 16.5. The van der Waals surface area contributed by atoms with Gasteiger partial charge in [-0.15, -0.1) is 0 Å². The highest BCUT2D eigenvalue weighted by Crippen LogP contribution is 2.47. The Morgan fingerprint density at radius 1 is 1.09 bits per heavy atom. The van der Waals surface area contributed by atoms with Crippen LogP contribution < -0.4 is 5.32 Å². The second-order valence-corrected chi connectivity index (χ2v) is 7.63. The molecule has 4 atom stereocenters. The zero-order chi connectivity index (χ0) is 15.6. The molecule has 1 saturated carbocycles. The van der Waals surface area contributed by atoms with E-state index in [-0.39, 0.29) is 0 Å². The van der Waals surface area contributed by atoms with Crippen molar-refractivity contribution in [2.75, 3.05) is 33.3 Å². The lowest BCUT2D eigenvalue weighted by atomic mass is 9.82. The summed E-state index contributed by atoms with van der Waals surface area (Å²) in [6.07, 6.45) is 10.6. The highest BCUT2D eigenvalue weighted by Gasteiger charge is 2.53. The molecule has 5 nitrogen and oxygen atoms in total. The molecule has 0 aromatic carbocycles. The van der Waals surface area contributed by atoms with Crippen molar-refractivity contribution in [2.24, 2.45) is 16.8 Å². The van der Waals surface area contributed by atoms with Gasteiger partial charge in [0.15, 0.2) is 5.96 Å². The molecule has 2 bridgehead atoms. The Labute approximate surface area is 139 Å². The van der Waals surface area contributed by atoms with E-state index in [1.54, 1.807) is 0 Å². The molecule has 0 aromatic heterocycles. The van der Waals surface area contributed by atoms with E-state index in [1.165, 1.54) is 44.9 Å². The Morgan fingerprint density at radius 2 is 1.78 bits per heavy atom. The first kappa shape index (κ1) is 15.7. The molecule has 4 fully saturated rings. The molecule has 4 aliphatic rings. The van der Waals surface area contributed by atoms with Gasteiger partial charge in [0.25, 0.3) is 0 Å². The van der Waals surface area contributed by atoms with Crippen molar-refractivity contribution in [3.05, 3.63) is 0 Å². The molecule has 130 valence electrons. The van der Waals surface area contributed by atoms with E-state index in [0.717, 1.165) is 44.0 Å². The minimum atomic E-state index is 0.492. The molecule has 5 heteroatoms. The maximum absolute atomic E-state index is 6.06. The van der Waals surface area contributed by atoms with Crippen molar-refractivity contribution < 1.29 is 9.47 Å². The summed E-state index contributed by atoms with van der Waals surface area (Å²) in [5, 5.41) is 3.50. The van der Waals surface area contributed by atoms with Gasteiger partial charge in [-0.05, 0) is 25.7 Å². The summed E-state index contributed by atoms with van der Waals surface area (Å²) >= 11 is 0. The lowest BCUT2D eigenvalue weighted by Crippen LogP contribution is -2.42. The number of hydrogen-bond acceptors (Lipinski definition) is 3. The Kier molecular flexibility index (Phi) is 4.76. The van der Waals surface area contributed by atoms with Crippen LogP contribution in [0.25, 0.3) is 0 Å². The minimum Gasteiger partial charge on any atom is -0.376 e. The van der Waals surface area contributed by atoms with Crippen LogP contribution in [0.5, 0.6) is 0 Å². The van der Waals surface area contributed by atoms with Crippen molar-refractivity contribution in [1.29, 1.82) is 0 Å². The summed E-state index contributed by atoms with van der Waals surface area (Å²) in [4.78, 5) is 6.92. The molecule has 3 aliphatic heterocycles. The zero-order valence-electron chi connectivity index (χ0n) is 14.4. The third kappa shape index (κ3) is 3.22. The first-order chi connectivity index (χ1) is 11.3. The summed E-state index contributed by atoms with van der Waals surface area (Å²) in [5.41, 5.74) is 0. The summed E-state index contributed by atoms with van der Waals surface area (Å²) in [6.45, 7) is 3.86. The normalized spacial score (nSPS) is 37.4. The number of ether oxygens (including phenoxy) is 2. The smallest absolute Gasteiger partial charge is 0.193 e. The highest BCUT2D eigenvalue weighted by molar-refractivity contribution is 5.80. The molecule has 0 radical (unpaired) electrons. The molecular weight excluding hydrogens is 290 g/mol. The minimum absolute atomic E-state index is 0.492. The lowest BCUT2D eigenvalue weighted by molar-refractivity contribution is 0.0315. The molecule has 1 aliphatic carbocycles. The molecule has 4 unspecified atom stereocenters. The van der Waals surface area contributed by atoms with Gasteiger partial charge in [0.2, 0.25) is 0 Å². The molecule has 0 spiro atoms. The second-order valence-electron chi connectivity index (χ2n) is 7.63. The van der Waals surface area contributed by atoms with E-state index in [1.807, 2.05) is 7.05 Å². The van der Waals surface area contributed by atoms with Crippen LogP contribution in [-0.2, 0) is 9.47 Å². The van der Waals surface area contributed by atoms with Crippen LogP contribution in [0.1, 0.15) is 44.9 Å². The fourth-order valence-electron chi connectivity index (χ4n) is 5.09. The van der Waals surface area contributed by atoms with Gasteiger partial charge >= 0.3 is 0 Å². The number of nitrogens with zero attached hydrogens (tertiary/aromatic N) is 2. The van der Waals surface area contributed by atoms with E-state index < -0.39 is 0 Å². The number of fused-ring (bicyclic) bond motifs is 5. The quantitative estimate of drug-likeness (QED) is 0.489. The van der Waals surface area contributed by atoms with Gasteiger partial charge in [0.05, 0.1) is 24.9 Å². The first-order valence-corrected chi connectivity index (χ1v) is 9.58. The van der Waals surface area contributed by atoms with E-state index in [2.05, 4.69) is 15.2 Å². The molecular formula is C18H31N3O2. The van der Waals surface area contributed by atoms with E-state index in [4.69, 9.17) is 9.47 Å². The van der Waals surface area contributed by atoms with Crippen molar-refractivity contribution in [1.82, 2.24) is 10.2 Å². The molecule has 1 N–H and O–H groups in total. The Bertz CT molecular complexity index is 418. The molecule has 4 rings (SSSR count). The third-order valence-electron chi connectivity index (χ3n) is 6.25. The molecule has 3 saturated heterocycles. The first-order valence-electron chi connectivity index (χ1n) is 9.58. The summed E-state index contributed by atoms with van der Waals surface area (Å²) in [7, 11) is 1.89. The van der Waals surface area contributed by atoms with Gasteiger partial charge in [0, 0.05) is 38.5 Å². The molecule has 0 amide bonds. The van der Waals surface area contributed by atoms with Gasteiger partial charge < -0.3 is 19.7 Å². The zero-order valence-corrected chi connectivity index (χ0v) is 14.4. The fraction of sp³-hybridized carbons (Fsp3) is 0.944. The average Bonchev–Trinajstić information content (AvgIpc) is 3.29. The van der Waals surface area contributed by atoms with E-state index in [0.29, 0.717) is 18.3 Å². The van der Waals surface area contributed by atoms with Gasteiger partial charge in [-0.25, -0.2) is 0 Å². The standard InChI is InChI=1S/C18H31N3O2/c1-19-18(20-9-10-22-13-5-3-2-4-6-13)21-11-14-15(12-21)17-8-7-16(14)23-17/h13-17H,2-12H2,1H3,(H,19,20). The van der Waals surface area contributed by atoms with Crippen LogP contribution in [0.4, 0.5) is 0 Å². The summed E-state index contributed by atoms with van der Waals surface area (Å²) in [5.74, 6) is 2.50. The SMILES string of the molecule is CN=C(NCCOC1CCCCC1)N1CC2C3CCC(O3)C2C1. The Hall–Kier alpha value is -0.810. The van der Waals surface area contributed by atoms with Crippen molar-refractivity contribution in [3.63, 3.8) is 0 Å². The van der Waals surface area contributed by atoms with Crippen LogP contribution >= 0.6 is 0 Å². The van der Waals surface area contributed by atoms with Crippen LogP contribution in [0.15, 0.2) is 4.99 Å². The Morgan fingerprint density at radius 3 is 2.43 bits per heavy atom. The fourth-order valence-corrected chi connectivity index (χ4v) is 5.09. The summed E-state index contributed by atoms with van der Waals surface area (Å²) < 4.78 is 12.1. The van der Waals surface area contributed by atoms with E-state index in [9.17, 15) is 0 Å². The maximum Gasteiger partial charge on any atom is 0.193 e. The predicted molar refractivity (Wildman–Crippen MR) is 90.6 cm³/mol. The molecule has 3 heterocycles.